The number of hydrogen-bond acceptors (Lipinski definition) is 2. The fourth-order valence-electron chi connectivity index (χ4n) is 1.24. The van der Waals surface area contributed by atoms with Crippen molar-refractivity contribution in [1.82, 2.24) is 4.90 Å². The van der Waals surface area contributed by atoms with Crippen molar-refractivity contribution < 1.29 is 19.1 Å². The lowest BCUT2D eigenvalue weighted by Crippen LogP contribution is -2.50. The van der Waals surface area contributed by atoms with Crippen LogP contribution >= 0.6 is 11.6 Å². The molecular formula is C12H13ClFNO3. The largest absolute Gasteiger partial charge is 0.480 e. The maximum atomic E-state index is 13.5. The van der Waals surface area contributed by atoms with Crippen LogP contribution in [-0.4, -0.2) is 34.5 Å². The number of rotatable bonds is 3. The highest BCUT2D eigenvalue weighted by atomic mass is 35.5. The number of aliphatic carboxylic acids is 1. The third kappa shape index (κ3) is 2.61. The Bertz CT molecular complexity index is 502. The van der Waals surface area contributed by atoms with Gasteiger partial charge < -0.3 is 10.0 Å². The van der Waals surface area contributed by atoms with E-state index in [4.69, 9.17) is 16.7 Å². The number of carbonyl (C=O) groups is 2. The van der Waals surface area contributed by atoms with Gasteiger partial charge in [0.05, 0.1) is 5.56 Å². The molecule has 0 heterocycles. The first kappa shape index (κ1) is 14.4. The Morgan fingerprint density at radius 2 is 1.94 bits per heavy atom. The second-order valence-corrected chi connectivity index (χ2v) is 4.79. The van der Waals surface area contributed by atoms with E-state index in [0.29, 0.717) is 0 Å². The molecule has 0 fully saturated rings. The first-order chi connectivity index (χ1) is 8.17. The van der Waals surface area contributed by atoms with Gasteiger partial charge in [-0.3, -0.25) is 4.79 Å². The van der Waals surface area contributed by atoms with Gasteiger partial charge in [-0.1, -0.05) is 11.6 Å². The van der Waals surface area contributed by atoms with Gasteiger partial charge in [-0.05, 0) is 32.0 Å². The standard InChI is InChI=1S/C12H13ClFNO3/c1-12(2,11(17)18)15(3)10(16)8-6-7(13)4-5-9(8)14/h4-6H,1-3H3,(H,17,18). The SMILES string of the molecule is CN(C(=O)c1cc(Cl)ccc1F)C(C)(C)C(=O)O. The Morgan fingerprint density at radius 3 is 2.44 bits per heavy atom. The zero-order valence-corrected chi connectivity index (χ0v) is 11.0. The quantitative estimate of drug-likeness (QED) is 0.920. The Balaban J connectivity index is 3.15. The molecule has 1 N–H and O–H groups in total. The number of amides is 1. The Hall–Kier alpha value is -1.62. The molecule has 1 rings (SSSR count). The molecule has 1 aromatic carbocycles. The van der Waals surface area contributed by atoms with Crippen molar-refractivity contribution >= 4 is 23.5 Å². The zero-order chi connectivity index (χ0) is 14.1. The van der Waals surface area contributed by atoms with E-state index in [9.17, 15) is 14.0 Å². The molecule has 6 heteroatoms. The Kier molecular flexibility index (Phi) is 3.96. The maximum Gasteiger partial charge on any atom is 0.329 e. The molecule has 1 amide bonds. The van der Waals surface area contributed by atoms with E-state index in [1.54, 1.807) is 0 Å². The molecule has 0 radical (unpaired) electrons. The number of carboxylic acid groups (broad SMARTS) is 1. The van der Waals surface area contributed by atoms with Crippen molar-refractivity contribution in [3.05, 3.63) is 34.6 Å². The van der Waals surface area contributed by atoms with Crippen LogP contribution in [0, 0.1) is 5.82 Å². The summed E-state index contributed by atoms with van der Waals surface area (Å²) < 4.78 is 13.5. The first-order valence-electron chi connectivity index (χ1n) is 5.14. The highest BCUT2D eigenvalue weighted by Gasteiger charge is 2.36. The lowest BCUT2D eigenvalue weighted by atomic mass is 10.0. The molecule has 18 heavy (non-hydrogen) atoms. The fourth-order valence-corrected chi connectivity index (χ4v) is 1.41. The minimum Gasteiger partial charge on any atom is -0.480 e. The number of benzene rings is 1. The first-order valence-corrected chi connectivity index (χ1v) is 5.52. The summed E-state index contributed by atoms with van der Waals surface area (Å²) in [5, 5.41) is 9.23. The van der Waals surface area contributed by atoms with Crippen LogP contribution < -0.4 is 0 Å². The Labute approximate surface area is 109 Å². The monoisotopic (exact) mass is 273 g/mol. The maximum absolute atomic E-state index is 13.5. The number of nitrogens with zero attached hydrogens (tertiary/aromatic N) is 1. The van der Waals surface area contributed by atoms with Gasteiger partial charge in [0.25, 0.3) is 5.91 Å². The van der Waals surface area contributed by atoms with Crippen LogP contribution in [0.25, 0.3) is 0 Å². The predicted molar refractivity (Wildman–Crippen MR) is 65.2 cm³/mol. The van der Waals surface area contributed by atoms with Gasteiger partial charge in [0, 0.05) is 12.1 Å². The van der Waals surface area contributed by atoms with Crippen molar-refractivity contribution in [1.29, 1.82) is 0 Å². The van der Waals surface area contributed by atoms with E-state index in [2.05, 4.69) is 0 Å². The summed E-state index contributed by atoms with van der Waals surface area (Å²) in [4.78, 5) is 24.0. The summed E-state index contributed by atoms with van der Waals surface area (Å²) in [6.45, 7) is 2.71. The summed E-state index contributed by atoms with van der Waals surface area (Å²) in [6, 6.07) is 3.56. The van der Waals surface area contributed by atoms with Crippen molar-refractivity contribution in [2.45, 2.75) is 19.4 Å². The molecule has 0 aliphatic heterocycles. The smallest absolute Gasteiger partial charge is 0.329 e. The summed E-state index contributed by atoms with van der Waals surface area (Å²) in [6.07, 6.45) is 0. The fraction of sp³-hybridized carbons (Fsp3) is 0.333. The van der Waals surface area contributed by atoms with Crippen LogP contribution in [-0.2, 0) is 4.79 Å². The normalized spacial score (nSPS) is 11.2. The molecule has 0 unspecified atom stereocenters. The van der Waals surface area contributed by atoms with Crippen LogP contribution in [0.5, 0.6) is 0 Å². The molecular weight excluding hydrogens is 261 g/mol. The predicted octanol–water partition coefficient (Wildman–Crippen LogP) is 2.41. The summed E-state index contributed by atoms with van der Waals surface area (Å²) in [5.74, 6) is -2.65. The number of carboxylic acids is 1. The van der Waals surface area contributed by atoms with Gasteiger partial charge in [0.15, 0.2) is 0 Å². The average Bonchev–Trinajstić information content (AvgIpc) is 2.30. The molecule has 4 nitrogen and oxygen atoms in total. The highest BCUT2D eigenvalue weighted by molar-refractivity contribution is 6.31. The third-order valence-electron chi connectivity index (χ3n) is 2.83. The van der Waals surface area contributed by atoms with Crippen LogP contribution in [0.15, 0.2) is 18.2 Å². The van der Waals surface area contributed by atoms with E-state index >= 15 is 0 Å². The van der Waals surface area contributed by atoms with Crippen LogP contribution in [0.3, 0.4) is 0 Å². The van der Waals surface area contributed by atoms with E-state index in [1.165, 1.54) is 33.0 Å². The third-order valence-corrected chi connectivity index (χ3v) is 3.06. The molecule has 0 atom stereocenters. The lowest BCUT2D eigenvalue weighted by Gasteiger charge is -2.31. The van der Waals surface area contributed by atoms with Crippen molar-refractivity contribution in [3.63, 3.8) is 0 Å². The van der Waals surface area contributed by atoms with Gasteiger partial charge in [-0.25, -0.2) is 9.18 Å². The summed E-state index contributed by atoms with van der Waals surface area (Å²) in [5.41, 5.74) is -1.69. The molecule has 0 aliphatic rings. The number of hydrogen-bond donors (Lipinski definition) is 1. The average molecular weight is 274 g/mol. The summed E-state index contributed by atoms with van der Waals surface area (Å²) >= 11 is 5.69. The van der Waals surface area contributed by atoms with Gasteiger partial charge in [0.1, 0.15) is 11.4 Å². The lowest BCUT2D eigenvalue weighted by molar-refractivity contribution is -0.147. The number of halogens is 2. The molecule has 0 aromatic heterocycles. The van der Waals surface area contributed by atoms with Crippen LogP contribution in [0.2, 0.25) is 5.02 Å². The van der Waals surface area contributed by atoms with E-state index in [-0.39, 0.29) is 10.6 Å². The van der Waals surface area contributed by atoms with Gasteiger partial charge >= 0.3 is 5.97 Å². The molecule has 0 bridgehead atoms. The minimum atomic E-state index is -1.44. The zero-order valence-electron chi connectivity index (χ0n) is 10.2. The van der Waals surface area contributed by atoms with Crippen molar-refractivity contribution in [2.75, 3.05) is 7.05 Å². The van der Waals surface area contributed by atoms with E-state index in [1.807, 2.05) is 0 Å². The minimum absolute atomic E-state index is 0.210. The molecule has 0 spiro atoms. The van der Waals surface area contributed by atoms with Gasteiger partial charge in [-0.15, -0.1) is 0 Å². The Morgan fingerprint density at radius 1 is 1.39 bits per heavy atom. The molecule has 0 saturated carbocycles. The number of likely N-dealkylation sites (N-methyl/N-ethyl adjacent to an activating group) is 1. The topological polar surface area (TPSA) is 57.6 Å². The summed E-state index contributed by atoms with van der Waals surface area (Å²) in [7, 11) is 1.30. The second-order valence-electron chi connectivity index (χ2n) is 4.35. The van der Waals surface area contributed by atoms with E-state index in [0.717, 1.165) is 11.0 Å². The molecule has 98 valence electrons. The molecule has 0 saturated heterocycles. The van der Waals surface area contributed by atoms with Crippen LogP contribution in [0.4, 0.5) is 4.39 Å². The van der Waals surface area contributed by atoms with Crippen molar-refractivity contribution in [3.8, 4) is 0 Å². The van der Waals surface area contributed by atoms with E-state index < -0.39 is 23.2 Å². The molecule has 1 aromatic rings. The van der Waals surface area contributed by atoms with Crippen molar-refractivity contribution in [2.24, 2.45) is 0 Å². The van der Waals surface area contributed by atoms with Gasteiger partial charge in [0.2, 0.25) is 0 Å². The molecule has 0 aliphatic carbocycles. The number of carbonyl (C=O) groups excluding carboxylic acids is 1. The van der Waals surface area contributed by atoms with Gasteiger partial charge in [-0.2, -0.15) is 0 Å². The highest BCUT2D eigenvalue weighted by Crippen LogP contribution is 2.20. The van der Waals surface area contributed by atoms with Crippen LogP contribution in [0.1, 0.15) is 24.2 Å². The second kappa shape index (κ2) is 4.94.